The van der Waals surface area contributed by atoms with Gasteiger partial charge in [-0.05, 0) is 38.1 Å². The third kappa shape index (κ3) is 4.99. The van der Waals surface area contributed by atoms with Crippen LogP contribution in [0.4, 0.5) is 5.69 Å². The zero-order valence-corrected chi connectivity index (χ0v) is 10.9. The molecule has 0 saturated heterocycles. The highest BCUT2D eigenvalue weighted by Crippen LogP contribution is 2.10. The highest BCUT2D eigenvalue weighted by molar-refractivity contribution is 5.39. The molecule has 1 atom stereocenters. The molecule has 0 aliphatic carbocycles. The van der Waals surface area contributed by atoms with Crippen LogP contribution in [0.25, 0.3) is 0 Å². The van der Waals surface area contributed by atoms with E-state index in [1.807, 2.05) is 40.0 Å². The first kappa shape index (κ1) is 14.7. The molecular weight excluding hydrogens is 196 g/mol. The van der Waals surface area contributed by atoms with Crippen LogP contribution in [0.3, 0.4) is 0 Å². The number of hydrogen-bond donors (Lipinski definition) is 2. The van der Waals surface area contributed by atoms with Crippen molar-refractivity contribution in [3.63, 3.8) is 0 Å². The quantitative estimate of drug-likeness (QED) is 0.604. The second-order valence-electron chi connectivity index (χ2n) is 3.63. The van der Waals surface area contributed by atoms with E-state index in [9.17, 15) is 0 Å². The van der Waals surface area contributed by atoms with Crippen molar-refractivity contribution < 1.29 is 0 Å². The number of nitrogens with two attached hydrogens (primary N) is 1. The average molecular weight is 220 g/mol. The molecule has 0 spiro atoms. The summed E-state index contributed by atoms with van der Waals surface area (Å²) in [6.45, 7) is 9.99. The zero-order valence-electron chi connectivity index (χ0n) is 10.9. The SMILES string of the molecule is C=C(C)C(Cc1ccc(N)cc1)NC.CC. The van der Waals surface area contributed by atoms with Crippen LogP contribution >= 0.6 is 0 Å². The van der Waals surface area contributed by atoms with E-state index in [-0.39, 0.29) is 0 Å². The van der Waals surface area contributed by atoms with Gasteiger partial charge in [0.15, 0.2) is 0 Å². The molecule has 2 nitrogen and oxygen atoms in total. The maximum absolute atomic E-state index is 5.62. The molecule has 0 radical (unpaired) electrons. The summed E-state index contributed by atoms with van der Waals surface area (Å²) < 4.78 is 0. The van der Waals surface area contributed by atoms with Crippen molar-refractivity contribution in [2.75, 3.05) is 12.8 Å². The van der Waals surface area contributed by atoms with Gasteiger partial charge in [-0.2, -0.15) is 0 Å². The molecule has 0 aliphatic rings. The Bertz CT molecular complexity index is 301. The molecule has 0 saturated carbocycles. The average Bonchev–Trinajstić information content (AvgIpc) is 2.30. The molecule has 0 heterocycles. The third-order valence-electron chi connectivity index (χ3n) is 2.36. The van der Waals surface area contributed by atoms with E-state index < -0.39 is 0 Å². The van der Waals surface area contributed by atoms with Crippen LogP contribution in [0.2, 0.25) is 0 Å². The highest BCUT2D eigenvalue weighted by atomic mass is 14.9. The lowest BCUT2D eigenvalue weighted by atomic mass is 10.0. The number of hydrogen-bond acceptors (Lipinski definition) is 2. The van der Waals surface area contributed by atoms with Crippen LogP contribution in [0.15, 0.2) is 36.4 Å². The fourth-order valence-corrected chi connectivity index (χ4v) is 1.41. The van der Waals surface area contributed by atoms with Gasteiger partial charge in [0.05, 0.1) is 0 Å². The predicted octanol–water partition coefficient (Wildman–Crippen LogP) is 3.00. The minimum atomic E-state index is 0.346. The van der Waals surface area contributed by atoms with Gasteiger partial charge in [-0.3, -0.25) is 0 Å². The van der Waals surface area contributed by atoms with Gasteiger partial charge in [-0.25, -0.2) is 0 Å². The summed E-state index contributed by atoms with van der Waals surface area (Å²) in [5.41, 5.74) is 8.86. The largest absolute Gasteiger partial charge is 0.399 e. The molecule has 2 heteroatoms. The minimum Gasteiger partial charge on any atom is -0.399 e. The van der Waals surface area contributed by atoms with Gasteiger partial charge in [0.2, 0.25) is 0 Å². The fourth-order valence-electron chi connectivity index (χ4n) is 1.41. The number of likely N-dealkylation sites (N-methyl/N-ethyl adjacent to an activating group) is 1. The smallest absolute Gasteiger partial charge is 0.0314 e. The van der Waals surface area contributed by atoms with E-state index in [0.717, 1.165) is 17.7 Å². The highest BCUT2D eigenvalue weighted by Gasteiger charge is 2.06. The normalized spacial score (nSPS) is 11.2. The van der Waals surface area contributed by atoms with Crippen molar-refractivity contribution in [3.8, 4) is 0 Å². The monoisotopic (exact) mass is 220 g/mol. The molecule has 0 fully saturated rings. The van der Waals surface area contributed by atoms with Gasteiger partial charge in [-0.1, -0.05) is 38.1 Å². The van der Waals surface area contributed by atoms with E-state index in [0.29, 0.717) is 6.04 Å². The molecule has 1 unspecified atom stereocenters. The van der Waals surface area contributed by atoms with Crippen molar-refractivity contribution in [2.24, 2.45) is 0 Å². The Kier molecular flexibility index (Phi) is 7.31. The van der Waals surface area contributed by atoms with Gasteiger partial charge in [0, 0.05) is 11.7 Å². The maximum atomic E-state index is 5.62. The Balaban J connectivity index is 0.00000106. The zero-order chi connectivity index (χ0) is 12.6. The Morgan fingerprint density at radius 2 is 1.81 bits per heavy atom. The first-order valence-electron chi connectivity index (χ1n) is 5.80. The van der Waals surface area contributed by atoms with Crippen molar-refractivity contribution in [1.82, 2.24) is 5.32 Å². The first-order chi connectivity index (χ1) is 7.63. The van der Waals surface area contributed by atoms with Crippen molar-refractivity contribution in [3.05, 3.63) is 42.0 Å². The minimum absolute atomic E-state index is 0.346. The van der Waals surface area contributed by atoms with Gasteiger partial charge in [-0.15, -0.1) is 0 Å². The Labute approximate surface area is 99.6 Å². The van der Waals surface area contributed by atoms with Crippen LogP contribution < -0.4 is 11.1 Å². The molecular formula is C14H24N2. The second kappa shape index (κ2) is 7.94. The Morgan fingerprint density at radius 3 is 2.19 bits per heavy atom. The molecule has 0 amide bonds. The molecule has 1 aromatic carbocycles. The molecule has 1 rings (SSSR count). The van der Waals surface area contributed by atoms with E-state index in [2.05, 4.69) is 24.0 Å². The van der Waals surface area contributed by atoms with E-state index in [1.165, 1.54) is 5.56 Å². The van der Waals surface area contributed by atoms with Gasteiger partial charge >= 0.3 is 0 Å². The summed E-state index contributed by atoms with van der Waals surface area (Å²) in [7, 11) is 1.96. The van der Waals surface area contributed by atoms with E-state index >= 15 is 0 Å². The summed E-state index contributed by atoms with van der Waals surface area (Å²) in [4.78, 5) is 0. The summed E-state index contributed by atoms with van der Waals surface area (Å²) >= 11 is 0. The Morgan fingerprint density at radius 1 is 1.31 bits per heavy atom. The topological polar surface area (TPSA) is 38.0 Å². The molecule has 90 valence electrons. The molecule has 1 aromatic rings. The van der Waals surface area contributed by atoms with Crippen molar-refractivity contribution >= 4 is 5.69 Å². The predicted molar refractivity (Wildman–Crippen MR) is 73.6 cm³/mol. The van der Waals surface area contributed by atoms with Crippen LogP contribution in [0.5, 0.6) is 0 Å². The summed E-state index contributed by atoms with van der Waals surface area (Å²) in [6, 6.07) is 8.32. The molecule has 16 heavy (non-hydrogen) atoms. The fraction of sp³-hybridized carbons (Fsp3) is 0.429. The van der Waals surface area contributed by atoms with Gasteiger partial charge in [0.25, 0.3) is 0 Å². The molecule has 0 aliphatic heterocycles. The van der Waals surface area contributed by atoms with Crippen LogP contribution in [0, 0.1) is 0 Å². The van der Waals surface area contributed by atoms with E-state index in [4.69, 9.17) is 5.73 Å². The standard InChI is InChI=1S/C12H18N2.C2H6/c1-9(2)12(14-3)8-10-4-6-11(13)7-5-10;1-2/h4-7,12,14H,1,8,13H2,2-3H3;1-2H3. The molecule has 0 aromatic heterocycles. The third-order valence-corrected chi connectivity index (χ3v) is 2.36. The summed E-state index contributed by atoms with van der Waals surface area (Å²) in [6.07, 6.45) is 0.964. The number of nitrogen functional groups attached to an aromatic ring is 1. The lowest BCUT2D eigenvalue weighted by molar-refractivity contribution is 0.634. The van der Waals surface area contributed by atoms with Crippen LogP contribution in [-0.4, -0.2) is 13.1 Å². The van der Waals surface area contributed by atoms with Crippen LogP contribution in [0.1, 0.15) is 26.3 Å². The van der Waals surface area contributed by atoms with Crippen molar-refractivity contribution in [2.45, 2.75) is 33.2 Å². The van der Waals surface area contributed by atoms with Crippen molar-refractivity contribution in [1.29, 1.82) is 0 Å². The maximum Gasteiger partial charge on any atom is 0.0314 e. The summed E-state index contributed by atoms with van der Waals surface area (Å²) in [5, 5.41) is 3.23. The number of benzene rings is 1. The molecule has 0 bridgehead atoms. The van der Waals surface area contributed by atoms with Gasteiger partial charge in [0.1, 0.15) is 0 Å². The van der Waals surface area contributed by atoms with E-state index in [1.54, 1.807) is 0 Å². The number of nitrogens with one attached hydrogen (secondary N) is 1. The summed E-state index contributed by atoms with van der Waals surface area (Å²) in [5.74, 6) is 0. The lowest BCUT2D eigenvalue weighted by Gasteiger charge is -2.16. The lowest BCUT2D eigenvalue weighted by Crippen LogP contribution is -2.28. The van der Waals surface area contributed by atoms with Gasteiger partial charge < -0.3 is 11.1 Å². The second-order valence-corrected chi connectivity index (χ2v) is 3.63. The van der Waals surface area contributed by atoms with Crippen LogP contribution in [-0.2, 0) is 6.42 Å². The Hall–Kier alpha value is -1.28. The number of anilines is 1. The molecule has 3 N–H and O–H groups in total. The number of rotatable bonds is 4. The first-order valence-corrected chi connectivity index (χ1v) is 5.80.